The smallest absolute Gasteiger partial charge is 0.257 e. The van der Waals surface area contributed by atoms with Crippen LogP contribution in [0.4, 0.5) is 15.8 Å². The van der Waals surface area contributed by atoms with Crippen LogP contribution in [-0.2, 0) is 0 Å². The summed E-state index contributed by atoms with van der Waals surface area (Å²) in [5.41, 5.74) is 7.49. The Kier molecular flexibility index (Phi) is 5.84. The number of carbonyl (C=O) groups excluding carboxylic acids is 1. The summed E-state index contributed by atoms with van der Waals surface area (Å²) in [4.78, 5) is 12.2. The summed E-state index contributed by atoms with van der Waals surface area (Å²) in [6.07, 6.45) is 1.55. The van der Waals surface area contributed by atoms with Gasteiger partial charge in [-0.15, -0.1) is 0 Å². The van der Waals surface area contributed by atoms with Gasteiger partial charge in [-0.05, 0) is 24.3 Å². The van der Waals surface area contributed by atoms with E-state index in [-0.39, 0.29) is 28.6 Å². The van der Waals surface area contributed by atoms with E-state index in [1.54, 1.807) is 30.3 Å². The topological polar surface area (TPSA) is 64.4 Å². The molecule has 0 aromatic heterocycles. The fourth-order valence-corrected chi connectivity index (χ4v) is 2.08. The van der Waals surface area contributed by atoms with Crippen LogP contribution in [0.25, 0.3) is 0 Å². The highest BCUT2D eigenvalue weighted by Crippen LogP contribution is 2.31. The molecule has 0 aliphatic rings. The maximum absolute atomic E-state index is 14.0. The first-order valence-corrected chi connectivity index (χ1v) is 7.37. The zero-order valence-corrected chi connectivity index (χ0v) is 13.4. The van der Waals surface area contributed by atoms with Gasteiger partial charge in [-0.1, -0.05) is 35.3 Å². The molecule has 2 rings (SSSR count). The molecule has 3 N–H and O–H groups in total. The van der Waals surface area contributed by atoms with Gasteiger partial charge in [0, 0.05) is 17.3 Å². The van der Waals surface area contributed by atoms with Gasteiger partial charge >= 0.3 is 0 Å². The van der Waals surface area contributed by atoms with Crippen molar-refractivity contribution < 1.29 is 13.9 Å². The maximum Gasteiger partial charge on any atom is 0.257 e. The lowest BCUT2D eigenvalue weighted by Crippen LogP contribution is -2.15. The molecule has 2 aromatic rings. The lowest BCUT2D eigenvalue weighted by molar-refractivity contribution is 0.102. The fraction of sp³-hybridized carbons (Fsp3) is 0.0625. The number of halogens is 3. The van der Waals surface area contributed by atoms with Crippen molar-refractivity contribution in [3.05, 3.63) is 64.4 Å². The van der Waals surface area contributed by atoms with Crippen molar-refractivity contribution in [1.29, 1.82) is 0 Å². The quantitative estimate of drug-likeness (QED) is 0.779. The first-order valence-electron chi connectivity index (χ1n) is 6.56. The molecule has 0 spiro atoms. The van der Waals surface area contributed by atoms with E-state index in [9.17, 15) is 9.18 Å². The van der Waals surface area contributed by atoms with E-state index < -0.39 is 11.7 Å². The molecule has 2 aromatic carbocycles. The number of hydrogen-bond acceptors (Lipinski definition) is 3. The van der Waals surface area contributed by atoms with Crippen molar-refractivity contribution in [3.8, 4) is 5.75 Å². The van der Waals surface area contributed by atoms with Crippen molar-refractivity contribution in [2.24, 2.45) is 0 Å². The van der Waals surface area contributed by atoms with Crippen LogP contribution in [0.3, 0.4) is 0 Å². The molecule has 1 amide bonds. The second kappa shape index (κ2) is 7.85. The number of para-hydroxylation sites is 1. The van der Waals surface area contributed by atoms with Gasteiger partial charge in [-0.2, -0.15) is 0 Å². The summed E-state index contributed by atoms with van der Waals surface area (Å²) in [5, 5.41) is 2.53. The van der Waals surface area contributed by atoms with Crippen molar-refractivity contribution in [3.63, 3.8) is 0 Å². The molecule has 0 aliphatic carbocycles. The number of benzene rings is 2. The zero-order valence-electron chi connectivity index (χ0n) is 11.9. The van der Waals surface area contributed by atoms with Crippen LogP contribution in [0.1, 0.15) is 10.4 Å². The van der Waals surface area contributed by atoms with Crippen LogP contribution in [0.2, 0.25) is 5.02 Å². The van der Waals surface area contributed by atoms with Gasteiger partial charge in [0.1, 0.15) is 18.2 Å². The Morgan fingerprint density at radius 3 is 2.78 bits per heavy atom. The minimum atomic E-state index is -0.682. The van der Waals surface area contributed by atoms with Crippen LogP contribution >= 0.6 is 23.2 Å². The predicted molar refractivity (Wildman–Crippen MR) is 90.7 cm³/mol. The molecule has 0 radical (unpaired) electrons. The van der Waals surface area contributed by atoms with Crippen molar-refractivity contribution >= 4 is 40.5 Å². The van der Waals surface area contributed by atoms with E-state index in [4.69, 9.17) is 33.7 Å². The second-order valence-electron chi connectivity index (χ2n) is 4.48. The van der Waals surface area contributed by atoms with Gasteiger partial charge in [0.15, 0.2) is 0 Å². The third-order valence-electron chi connectivity index (χ3n) is 2.90. The van der Waals surface area contributed by atoms with Crippen LogP contribution < -0.4 is 15.8 Å². The van der Waals surface area contributed by atoms with Gasteiger partial charge in [0.25, 0.3) is 5.91 Å². The van der Waals surface area contributed by atoms with Gasteiger partial charge in [0.2, 0.25) is 0 Å². The lowest BCUT2D eigenvalue weighted by atomic mass is 10.1. The first-order chi connectivity index (χ1) is 11.0. The second-order valence-corrected chi connectivity index (χ2v) is 5.14. The number of nitrogens with one attached hydrogen (secondary N) is 1. The van der Waals surface area contributed by atoms with Gasteiger partial charge in [-0.25, -0.2) is 4.39 Å². The number of amides is 1. The molecule has 0 fully saturated rings. The molecule has 23 heavy (non-hydrogen) atoms. The lowest BCUT2D eigenvalue weighted by Gasteiger charge is -2.12. The molecule has 0 atom stereocenters. The Bertz CT molecular complexity index is 751. The maximum atomic E-state index is 14.0. The number of ether oxygens (including phenoxy) is 1. The third-order valence-corrected chi connectivity index (χ3v) is 3.37. The van der Waals surface area contributed by atoms with Crippen LogP contribution in [0, 0.1) is 5.82 Å². The molecule has 0 heterocycles. The zero-order chi connectivity index (χ0) is 16.8. The monoisotopic (exact) mass is 354 g/mol. The Balaban J connectivity index is 2.23. The van der Waals surface area contributed by atoms with Crippen LogP contribution in [-0.4, -0.2) is 12.5 Å². The largest absolute Gasteiger partial charge is 0.488 e. The average molecular weight is 355 g/mol. The summed E-state index contributed by atoms with van der Waals surface area (Å²) < 4.78 is 19.3. The highest BCUT2D eigenvalue weighted by molar-refractivity contribution is 6.32. The Hall–Kier alpha value is -2.24. The molecule has 0 unspecified atom stereocenters. The highest BCUT2D eigenvalue weighted by Gasteiger charge is 2.14. The normalized spacial score (nSPS) is 10.7. The van der Waals surface area contributed by atoms with Crippen molar-refractivity contribution in [1.82, 2.24) is 0 Å². The Labute approximate surface area is 142 Å². The number of carbonyl (C=O) groups is 1. The Morgan fingerprint density at radius 1 is 1.35 bits per heavy atom. The van der Waals surface area contributed by atoms with E-state index in [2.05, 4.69) is 5.32 Å². The highest BCUT2D eigenvalue weighted by atomic mass is 35.5. The molecular weight excluding hydrogens is 342 g/mol. The summed E-state index contributed by atoms with van der Waals surface area (Å²) in [5.74, 6) is -0.992. The van der Waals surface area contributed by atoms with Gasteiger partial charge in [0.05, 0.1) is 16.3 Å². The number of rotatable bonds is 5. The molecular formula is C16H13Cl2FN2O2. The SMILES string of the molecule is Nc1ccccc1C(=O)Nc1cc(OC/C=C/Cl)c(Cl)cc1F. The first kappa shape index (κ1) is 17.1. The summed E-state index contributed by atoms with van der Waals surface area (Å²) in [7, 11) is 0. The number of anilines is 2. The summed E-state index contributed by atoms with van der Waals surface area (Å²) >= 11 is 11.3. The van der Waals surface area contributed by atoms with E-state index in [0.717, 1.165) is 6.07 Å². The molecule has 0 saturated heterocycles. The van der Waals surface area contributed by atoms with Crippen molar-refractivity contribution in [2.75, 3.05) is 17.7 Å². The fourth-order valence-electron chi connectivity index (χ4n) is 1.80. The van der Waals surface area contributed by atoms with E-state index in [1.165, 1.54) is 11.6 Å². The van der Waals surface area contributed by atoms with Crippen LogP contribution in [0.15, 0.2) is 48.0 Å². The standard InChI is InChI=1S/C16H13Cl2FN2O2/c17-6-3-7-23-15-9-14(12(19)8-11(15)18)21-16(22)10-4-1-2-5-13(10)20/h1-6,8-9H,7,20H2,(H,21,22)/b6-3+. The minimum absolute atomic E-state index is 0.0625. The predicted octanol–water partition coefficient (Wildman–Crippen LogP) is 4.44. The van der Waals surface area contributed by atoms with E-state index >= 15 is 0 Å². The summed E-state index contributed by atoms with van der Waals surface area (Å²) in [6, 6.07) is 8.85. The number of nitrogens with two attached hydrogens (primary N) is 1. The summed E-state index contributed by atoms with van der Waals surface area (Å²) in [6.45, 7) is 0.161. The minimum Gasteiger partial charge on any atom is -0.488 e. The molecule has 7 heteroatoms. The average Bonchev–Trinajstić information content (AvgIpc) is 2.52. The Morgan fingerprint density at radius 2 is 2.09 bits per heavy atom. The van der Waals surface area contributed by atoms with Crippen LogP contribution in [0.5, 0.6) is 5.75 Å². The van der Waals surface area contributed by atoms with E-state index in [1.807, 2.05) is 0 Å². The molecule has 4 nitrogen and oxygen atoms in total. The van der Waals surface area contributed by atoms with Gasteiger partial charge < -0.3 is 15.8 Å². The number of nitrogen functional groups attached to an aromatic ring is 1. The van der Waals surface area contributed by atoms with Crippen molar-refractivity contribution in [2.45, 2.75) is 0 Å². The molecule has 0 aliphatic heterocycles. The van der Waals surface area contributed by atoms with E-state index in [0.29, 0.717) is 5.69 Å². The third kappa shape index (κ3) is 4.37. The molecule has 0 bridgehead atoms. The van der Waals surface area contributed by atoms with Gasteiger partial charge in [-0.3, -0.25) is 4.79 Å². The number of hydrogen-bond donors (Lipinski definition) is 2. The molecule has 0 saturated carbocycles. The molecule has 120 valence electrons.